The average molecular weight is 540 g/mol. The lowest BCUT2D eigenvalue weighted by Gasteiger charge is -2.37. The van der Waals surface area contributed by atoms with Crippen molar-refractivity contribution in [1.82, 2.24) is 9.80 Å². The molecule has 1 heterocycles. The molecule has 0 unspecified atom stereocenters. The van der Waals surface area contributed by atoms with E-state index < -0.39 is 0 Å². The number of hydrogen-bond acceptors (Lipinski definition) is 5. The van der Waals surface area contributed by atoms with E-state index in [-0.39, 0.29) is 11.8 Å². The summed E-state index contributed by atoms with van der Waals surface area (Å²) in [4.78, 5) is 20.4. The van der Waals surface area contributed by atoms with Crippen molar-refractivity contribution >= 4 is 27.5 Å². The predicted octanol–water partition coefficient (Wildman–Crippen LogP) is 5.06. The predicted molar refractivity (Wildman–Crippen MR) is 142 cm³/mol. The van der Waals surface area contributed by atoms with Crippen molar-refractivity contribution in [1.29, 1.82) is 5.26 Å². The van der Waals surface area contributed by atoms with Crippen LogP contribution in [0.3, 0.4) is 0 Å². The largest absolute Gasteiger partial charge is 0.497 e. The second kappa shape index (κ2) is 12.5. The van der Waals surface area contributed by atoms with Crippen molar-refractivity contribution in [2.24, 2.45) is 5.92 Å². The number of piperazine rings is 1. The second-order valence-electron chi connectivity index (χ2n) is 9.53. The van der Waals surface area contributed by atoms with Gasteiger partial charge < -0.3 is 9.64 Å². The first kappa shape index (κ1) is 25.7. The maximum Gasteiger partial charge on any atom is 0.230 e. The quantitative estimate of drug-likeness (QED) is 0.470. The van der Waals surface area contributed by atoms with Crippen molar-refractivity contribution < 1.29 is 9.53 Å². The molecule has 0 atom stereocenters. The van der Waals surface area contributed by atoms with Crippen LogP contribution in [-0.4, -0.2) is 62.1 Å². The molecule has 2 aliphatic rings. The molecule has 7 heteroatoms. The van der Waals surface area contributed by atoms with Gasteiger partial charge in [-0.15, -0.1) is 0 Å². The highest BCUT2D eigenvalue weighted by molar-refractivity contribution is 9.10. The van der Waals surface area contributed by atoms with Crippen LogP contribution in [-0.2, 0) is 11.3 Å². The number of para-hydroxylation sites is 1. The first-order valence-corrected chi connectivity index (χ1v) is 13.5. The molecule has 0 bridgehead atoms. The molecule has 0 spiro atoms. The van der Waals surface area contributed by atoms with Crippen molar-refractivity contribution in [3.05, 3.63) is 58.1 Å². The first-order chi connectivity index (χ1) is 17.1. The number of nitriles is 1. The maximum absolute atomic E-state index is 13.6. The molecule has 6 nitrogen and oxygen atoms in total. The topological polar surface area (TPSA) is 59.8 Å². The fourth-order valence-electron chi connectivity index (χ4n) is 5.18. The minimum absolute atomic E-state index is 0.0775. The van der Waals surface area contributed by atoms with Gasteiger partial charge in [-0.3, -0.25) is 14.6 Å². The Labute approximate surface area is 217 Å². The van der Waals surface area contributed by atoms with E-state index in [0.29, 0.717) is 12.1 Å². The summed E-state index contributed by atoms with van der Waals surface area (Å²) in [5.74, 6) is 1.14. The van der Waals surface area contributed by atoms with Crippen LogP contribution in [0.1, 0.15) is 43.2 Å². The van der Waals surface area contributed by atoms with Gasteiger partial charge in [0.25, 0.3) is 0 Å². The standard InChI is InChI=1S/C28H35BrN4O2/c1-35-25-11-12-26(29)24(19-25)21-32-15-13-31(14-16-32)17-18-33(27-10-6-5-9-23(27)20-30)28(34)22-7-3-2-4-8-22/h5-6,9-12,19,22H,2-4,7-8,13-18,21H2,1H3. The van der Waals surface area contributed by atoms with Gasteiger partial charge in [0, 0.05) is 56.2 Å². The van der Waals surface area contributed by atoms with Gasteiger partial charge in [-0.25, -0.2) is 0 Å². The molecule has 4 rings (SSSR count). The molecule has 1 aliphatic carbocycles. The lowest BCUT2D eigenvalue weighted by atomic mass is 9.88. The van der Waals surface area contributed by atoms with Crippen LogP contribution in [0.5, 0.6) is 5.75 Å². The van der Waals surface area contributed by atoms with E-state index in [1.54, 1.807) is 7.11 Å². The summed E-state index contributed by atoms with van der Waals surface area (Å²) in [6.07, 6.45) is 5.38. The summed E-state index contributed by atoms with van der Waals surface area (Å²) in [6, 6.07) is 15.9. The Hall–Kier alpha value is -2.40. The smallest absolute Gasteiger partial charge is 0.230 e. The van der Waals surface area contributed by atoms with Crippen LogP contribution in [0, 0.1) is 17.2 Å². The van der Waals surface area contributed by atoms with Gasteiger partial charge in [-0.05, 0) is 48.7 Å². The van der Waals surface area contributed by atoms with E-state index in [9.17, 15) is 10.1 Å². The number of amides is 1. The SMILES string of the molecule is COc1ccc(Br)c(CN2CCN(CCN(C(=O)C3CCCCC3)c3ccccc3C#N)CC2)c1. The zero-order valence-electron chi connectivity index (χ0n) is 20.6. The number of nitrogens with zero attached hydrogens (tertiary/aromatic N) is 4. The average Bonchev–Trinajstić information content (AvgIpc) is 2.91. The Morgan fingerprint density at radius 3 is 2.51 bits per heavy atom. The lowest BCUT2D eigenvalue weighted by Crippen LogP contribution is -2.49. The number of hydrogen-bond donors (Lipinski definition) is 0. The minimum atomic E-state index is 0.0775. The van der Waals surface area contributed by atoms with Gasteiger partial charge in [0.2, 0.25) is 5.91 Å². The van der Waals surface area contributed by atoms with E-state index >= 15 is 0 Å². The highest BCUT2D eigenvalue weighted by atomic mass is 79.9. The summed E-state index contributed by atoms with van der Waals surface area (Å²) in [7, 11) is 1.70. The number of rotatable bonds is 8. The summed E-state index contributed by atoms with van der Waals surface area (Å²) >= 11 is 3.67. The molecule has 1 saturated carbocycles. The van der Waals surface area contributed by atoms with Gasteiger partial charge in [0.05, 0.1) is 18.4 Å². The molecular weight excluding hydrogens is 504 g/mol. The number of carbonyl (C=O) groups excluding carboxylic acids is 1. The fraction of sp³-hybridized carbons (Fsp3) is 0.500. The lowest BCUT2D eigenvalue weighted by molar-refractivity contribution is -0.123. The molecule has 186 valence electrons. The van der Waals surface area contributed by atoms with Crippen LogP contribution in [0.25, 0.3) is 0 Å². The number of ether oxygens (including phenoxy) is 1. The van der Waals surface area contributed by atoms with Gasteiger partial charge in [0.1, 0.15) is 11.8 Å². The minimum Gasteiger partial charge on any atom is -0.497 e. The van der Waals surface area contributed by atoms with E-state index in [1.165, 1.54) is 12.0 Å². The van der Waals surface area contributed by atoms with Gasteiger partial charge in [-0.1, -0.05) is 47.3 Å². The molecule has 1 aliphatic heterocycles. The normalized spacial score (nSPS) is 17.6. The second-order valence-corrected chi connectivity index (χ2v) is 10.4. The van der Waals surface area contributed by atoms with Crippen LogP contribution < -0.4 is 9.64 Å². The molecule has 0 N–H and O–H groups in total. The van der Waals surface area contributed by atoms with Crippen molar-refractivity contribution in [3.8, 4) is 11.8 Å². The Morgan fingerprint density at radius 2 is 1.80 bits per heavy atom. The number of halogens is 1. The summed E-state index contributed by atoms with van der Waals surface area (Å²) in [5, 5.41) is 9.66. The molecule has 1 saturated heterocycles. The Bertz CT molecular complexity index is 1040. The number of methoxy groups -OCH3 is 1. The van der Waals surface area contributed by atoms with E-state index in [4.69, 9.17) is 4.74 Å². The maximum atomic E-state index is 13.6. The Morgan fingerprint density at radius 1 is 1.09 bits per heavy atom. The third-order valence-corrected chi connectivity index (χ3v) is 8.06. The zero-order chi connectivity index (χ0) is 24.6. The third-order valence-electron chi connectivity index (χ3n) is 7.29. The number of benzene rings is 2. The Kier molecular flexibility index (Phi) is 9.19. The molecule has 0 radical (unpaired) electrons. The number of anilines is 1. The number of carbonyl (C=O) groups is 1. The molecule has 2 aromatic rings. The molecule has 35 heavy (non-hydrogen) atoms. The van der Waals surface area contributed by atoms with Gasteiger partial charge in [0.15, 0.2) is 0 Å². The van der Waals surface area contributed by atoms with Crippen LogP contribution in [0.4, 0.5) is 5.69 Å². The fourth-order valence-corrected chi connectivity index (χ4v) is 5.55. The van der Waals surface area contributed by atoms with Crippen molar-refractivity contribution in [2.45, 2.75) is 38.6 Å². The summed E-state index contributed by atoms with van der Waals surface area (Å²) in [6.45, 7) is 6.21. The molecule has 0 aromatic heterocycles. The van der Waals surface area contributed by atoms with Crippen LogP contribution in [0.2, 0.25) is 0 Å². The Balaban J connectivity index is 1.37. The highest BCUT2D eigenvalue weighted by Gasteiger charge is 2.29. The first-order valence-electron chi connectivity index (χ1n) is 12.7. The molecular formula is C28H35BrN4O2. The van der Waals surface area contributed by atoms with Crippen LogP contribution >= 0.6 is 15.9 Å². The van der Waals surface area contributed by atoms with Gasteiger partial charge >= 0.3 is 0 Å². The third kappa shape index (κ3) is 6.63. The van der Waals surface area contributed by atoms with E-state index in [0.717, 1.165) is 80.9 Å². The van der Waals surface area contributed by atoms with Crippen LogP contribution in [0.15, 0.2) is 46.9 Å². The monoisotopic (exact) mass is 538 g/mol. The van der Waals surface area contributed by atoms with E-state index in [2.05, 4.69) is 37.9 Å². The van der Waals surface area contributed by atoms with Crippen molar-refractivity contribution in [2.75, 3.05) is 51.3 Å². The highest BCUT2D eigenvalue weighted by Crippen LogP contribution is 2.29. The van der Waals surface area contributed by atoms with Gasteiger partial charge in [-0.2, -0.15) is 5.26 Å². The molecule has 2 fully saturated rings. The molecule has 2 aromatic carbocycles. The summed E-state index contributed by atoms with van der Waals surface area (Å²) in [5.41, 5.74) is 2.56. The summed E-state index contributed by atoms with van der Waals surface area (Å²) < 4.78 is 6.49. The van der Waals surface area contributed by atoms with E-state index in [1.807, 2.05) is 41.3 Å². The van der Waals surface area contributed by atoms with Crippen molar-refractivity contribution in [3.63, 3.8) is 0 Å². The zero-order valence-corrected chi connectivity index (χ0v) is 22.2. The molecule has 1 amide bonds.